The number of rotatable bonds is 5. The van der Waals surface area contributed by atoms with Gasteiger partial charge in [0.05, 0.1) is 6.54 Å². The van der Waals surface area contributed by atoms with E-state index in [1.807, 2.05) is 7.05 Å². The Bertz CT molecular complexity index is 470. The minimum atomic E-state index is 0.180. The third kappa shape index (κ3) is 5.85. The molecule has 2 aliphatic heterocycles. The molecule has 7 nitrogen and oxygen atoms in total. The van der Waals surface area contributed by atoms with Crippen LogP contribution in [0.4, 0.5) is 0 Å². The minimum absolute atomic E-state index is 0.180. The first-order valence-electron chi connectivity index (χ1n) is 9.80. The van der Waals surface area contributed by atoms with Crippen molar-refractivity contribution in [3.8, 4) is 0 Å². The maximum absolute atomic E-state index is 11.9. The molecule has 0 aromatic heterocycles. The lowest BCUT2D eigenvalue weighted by Gasteiger charge is -2.37. The SMILES string of the molecule is CN=C(NCC1CCCN(C)C1)N1CCN(CC(=O)NC2CC2)CC1. The van der Waals surface area contributed by atoms with Crippen LogP contribution in [-0.2, 0) is 4.79 Å². The number of piperazine rings is 1. The van der Waals surface area contributed by atoms with Gasteiger partial charge in [-0.2, -0.15) is 0 Å². The number of guanidine groups is 1. The molecule has 0 aromatic carbocycles. The number of aliphatic imine (C=N–C) groups is 1. The zero-order chi connectivity index (χ0) is 17.6. The topological polar surface area (TPSA) is 63.2 Å². The number of nitrogens with zero attached hydrogens (tertiary/aromatic N) is 4. The van der Waals surface area contributed by atoms with Gasteiger partial charge in [0, 0.05) is 52.4 Å². The number of hydrogen-bond donors (Lipinski definition) is 2. The number of nitrogens with one attached hydrogen (secondary N) is 2. The van der Waals surface area contributed by atoms with Crippen LogP contribution in [0.3, 0.4) is 0 Å². The van der Waals surface area contributed by atoms with E-state index in [0.29, 0.717) is 18.5 Å². The summed E-state index contributed by atoms with van der Waals surface area (Å²) >= 11 is 0. The average Bonchev–Trinajstić information content (AvgIpc) is 3.40. The molecule has 3 fully saturated rings. The first-order valence-corrected chi connectivity index (χ1v) is 9.80. The van der Waals surface area contributed by atoms with Crippen LogP contribution in [0.2, 0.25) is 0 Å². The standard InChI is InChI=1S/C18H34N6O/c1-19-18(20-12-15-4-3-7-22(2)13-15)24-10-8-23(9-11-24)14-17(25)21-16-5-6-16/h15-16H,3-14H2,1-2H3,(H,19,20)(H,21,25). The van der Waals surface area contributed by atoms with Gasteiger partial charge in [0.15, 0.2) is 5.96 Å². The summed E-state index contributed by atoms with van der Waals surface area (Å²) in [5.74, 6) is 1.90. The third-order valence-corrected chi connectivity index (χ3v) is 5.46. The summed E-state index contributed by atoms with van der Waals surface area (Å²) in [5, 5.41) is 6.64. The Morgan fingerprint density at radius 2 is 1.88 bits per heavy atom. The molecule has 1 amide bonds. The van der Waals surface area contributed by atoms with E-state index in [2.05, 4.69) is 37.4 Å². The minimum Gasteiger partial charge on any atom is -0.356 e. The Kier molecular flexibility index (Phi) is 6.53. The zero-order valence-electron chi connectivity index (χ0n) is 15.8. The summed E-state index contributed by atoms with van der Waals surface area (Å²) in [6, 6.07) is 0.454. The molecular formula is C18H34N6O. The molecule has 142 valence electrons. The fourth-order valence-electron chi connectivity index (χ4n) is 3.83. The second kappa shape index (κ2) is 8.85. The smallest absolute Gasteiger partial charge is 0.234 e. The molecule has 25 heavy (non-hydrogen) atoms. The van der Waals surface area contributed by atoms with Crippen molar-refractivity contribution < 1.29 is 4.79 Å². The number of likely N-dealkylation sites (tertiary alicyclic amines) is 1. The van der Waals surface area contributed by atoms with Gasteiger partial charge in [-0.1, -0.05) is 0 Å². The molecule has 3 aliphatic rings. The van der Waals surface area contributed by atoms with Crippen molar-refractivity contribution in [2.24, 2.45) is 10.9 Å². The Labute approximate surface area is 151 Å². The predicted molar refractivity (Wildman–Crippen MR) is 101 cm³/mol. The molecule has 1 atom stereocenters. The van der Waals surface area contributed by atoms with E-state index >= 15 is 0 Å². The number of amides is 1. The van der Waals surface area contributed by atoms with Gasteiger partial charge in [-0.3, -0.25) is 14.7 Å². The number of carbonyl (C=O) groups is 1. The summed E-state index contributed by atoms with van der Waals surface area (Å²) in [4.78, 5) is 23.4. The highest BCUT2D eigenvalue weighted by molar-refractivity contribution is 5.80. The molecule has 1 unspecified atom stereocenters. The summed E-state index contributed by atoms with van der Waals surface area (Å²) < 4.78 is 0. The monoisotopic (exact) mass is 350 g/mol. The summed E-state index contributed by atoms with van der Waals surface area (Å²) in [6.45, 7) is 7.64. The predicted octanol–water partition coefficient (Wildman–Crippen LogP) is -0.200. The van der Waals surface area contributed by atoms with Crippen LogP contribution >= 0.6 is 0 Å². The van der Waals surface area contributed by atoms with Crippen LogP contribution in [-0.4, -0.2) is 99.1 Å². The maximum Gasteiger partial charge on any atom is 0.234 e. The molecule has 0 bridgehead atoms. The van der Waals surface area contributed by atoms with Gasteiger partial charge in [-0.25, -0.2) is 0 Å². The largest absolute Gasteiger partial charge is 0.356 e. The van der Waals surface area contributed by atoms with Crippen molar-refractivity contribution in [2.45, 2.75) is 31.7 Å². The van der Waals surface area contributed by atoms with Crippen molar-refractivity contribution in [3.63, 3.8) is 0 Å². The first-order chi connectivity index (χ1) is 12.1. The van der Waals surface area contributed by atoms with Crippen LogP contribution in [0.25, 0.3) is 0 Å². The van der Waals surface area contributed by atoms with Gasteiger partial charge < -0.3 is 20.4 Å². The molecule has 2 N–H and O–H groups in total. The van der Waals surface area contributed by atoms with Crippen molar-refractivity contribution in [2.75, 3.05) is 66.5 Å². The molecule has 0 aromatic rings. The molecule has 7 heteroatoms. The maximum atomic E-state index is 11.9. The molecule has 2 heterocycles. The van der Waals surface area contributed by atoms with Crippen molar-refractivity contribution in [1.82, 2.24) is 25.3 Å². The van der Waals surface area contributed by atoms with Crippen LogP contribution in [0.5, 0.6) is 0 Å². The van der Waals surface area contributed by atoms with E-state index in [-0.39, 0.29) is 5.91 Å². The fraction of sp³-hybridized carbons (Fsp3) is 0.889. The Morgan fingerprint density at radius 3 is 2.52 bits per heavy atom. The molecule has 0 radical (unpaired) electrons. The van der Waals surface area contributed by atoms with Gasteiger partial charge in [0.2, 0.25) is 5.91 Å². The molecule has 2 saturated heterocycles. The quantitative estimate of drug-likeness (QED) is 0.531. The zero-order valence-corrected chi connectivity index (χ0v) is 15.8. The number of piperidine rings is 1. The fourth-order valence-corrected chi connectivity index (χ4v) is 3.83. The second-order valence-corrected chi connectivity index (χ2v) is 7.80. The summed E-state index contributed by atoms with van der Waals surface area (Å²) in [6.07, 6.45) is 4.90. The Balaban J connectivity index is 1.37. The van der Waals surface area contributed by atoms with Gasteiger partial charge in [0.25, 0.3) is 0 Å². The molecule has 1 saturated carbocycles. The van der Waals surface area contributed by atoms with Gasteiger partial charge >= 0.3 is 0 Å². The van der Waals surface area contributed by atoms with E-state index in [0.717, 1.165) is 51.5 Å². The highest BCUT2D eigenvalue weighted by Gasteiger charge is 2.26. The lowest BCUT2D eigenvalue weighted by atomic mass is 9.98. The first kappa shape index (κ1) is 18.5. The van der Waals surface area contributed by atoms with Crippen LogP contribution in [0, 0.1) is 5.92 Å². The van der Waals surface area contributed by atoms with Crippen molar-refractivity contribution in [3.05, 3.63) is 0 Å². The molecular weight excluding hydrogens is 316 g/mol. The van der Waals surface area contributed by atoms with Crippen LogP contribution in [0.15, 0.2) is 4.99 Å². The Morgan fingerprint density at radius 1 is 1.12 bits per heavy atom. The van der Waals surface area contributed by atoms with Gasteiger partial charge in [-0.05, 0) is 45.2 Å². The highest BCUT2D eigenvalue weighted by atomic mass is 16.2. The second-order valence-electron chi connectivity index (χ2n) is 7.80. The van der Waals surface area contributed by atoms with E-state index in [1.165, 1.54) is 25.9 Å². The van der Waals surface area contributed by atoms with Crippen molar-refractivity contribution in [1.29, 1.82) is 0 Å². The van der Waals surface area contributed by atoms with E-state index in [1.54, 1.807) is 0 Å². The lowest BCUT2D eigenvalue weighted by molar-refractivity contribution is -0.122. The molecule has 3 rings (SSSR count). The third-order valence-electron chi connectivity index (χ3n) is 5.46. The Hall–Kier alpha value is -1.34. The van der Waals surface area contributed by atoms with E-state index in [4.69, 9.17) is 0 Å². The summed E-state index contributed by atoms with van der Waals surface area (Å²) in [7, 11) is 4.07. The van der Waals surface area contributed by atoms with E-state index < -0.39 is 0 Å². The lowest BCUT2D eigenvalue weighted by Crippen LogP contribution is -2.54. The normalized spacial score (nSPS) is 26.6. The van der Waals surface area contributed by atoms with Gasteiger partial charge in [-0.15, -0.1) is 0 Å². The molecule has 0 spiro atoms. The van der Waals surface area contributed by atoms with Crippen LogP contribution in [0.1, 0.15) is 25.7 Å². The van der Waals surface area contributed by atoms with Crippen molar-refractivity contribution >= 4 is 11.9 Å². The average molecular weight is 351 g/mol. The highest BCUT2D eigenvalue weighted by Crippen LogP contribution is 2.18. The summed E-state index contributed by atoms with van der Waals surface area (Å²) in [5.41, 5.74) is 0. The van der Waals surface area contributed by atoms with E-state index in [9.17, 15) is 4.79 Å². The number of hydrogen-bond acceptors (Lipinski definition) is 4. The van der Waals surface area contributed by atoms with Gasteiger partial charge in [0.1, 0.15) is 0 Å². The molecule has 1 aliphatic carbocycles. The van der Waals surface area contributed by atoms with Crippen LogP contribution < -0.4 is 10.6 Å². The number of carbonyl (C=O) groups excluding carboxylic acids is 1.